The lowest BCUT2D eigenvalue weighted by molar-refractivity contribution is -0.0509. The summed E-state index contributed by atoms with van der Waals surface area (Å²) in [4.78, 5) is 11.6. The van der Waals surface area contributed by atoms with Gasteiger partial charge in [-0.05, 0) is 12.5 Å². The monoisotopic (exact) mass is 248 g/mol. The first kappa shape index (κ1) is 12.6. The van der Waals surface area contributed by atoms with Crippen LogP contribution in [0.4, 0.5) is 0 Å². The lowest BCUT2D eigenvalue weighted by Crippen LogP contribution is -2.18. The standard InChI is InChI=1S/C13H16N2O3/c1-2-9-12(13(14)18)8-5-3-4-6-10(8)15(9)7-11(16)17/h3-6,11,16-17H,2,7H2,1H3,(H2,14,18). The van der Waals surface area contributed by atoms with Gasteiger partial charge in [0.15, 0.2) is 6.29 Å². The molecule has 1 aromatic carbocycles. The van der Waals surface area contributed by atoms with Crippen LogP contribution in [-0.4, -0.2) is 27.0 Å². The first-order valence-corrected chi connectivity index (χ1v) is 5.82. The van der Waals surface area contributed by atoms with Gasteiger partial charge in [0.2, 0.25) is 0 Å². The molecule has 5 nitrogen and oxygen atoms in total. The van der Waals surface area contributed by atoms with E-state index in [0.29, 0.717) is 12.0 Å². The molecule has 2 aromatic rings. The molecule has 1 aromatic heterocycles. The molecule has 0 atom stereocenters. The number of carbonyl (C=O) groups is 1. The minimum atomic E-state index is -1.47. The number of aliphatic hydroxyl groups is 2. The number of hydrogen-bond acceptors (Lipinski definition) is 3. The van der Waals surface area contributed by atoms with Crippen molar-refractivity contribution in [3.05, 3.63) is 35.5 Å². The first-order chi connectivity index (χ1) is 8.56. The van der Waals surface area contributed by atoms with Crippen LogP contribution in [0.15, 0.2) is 24.3 Å². The van der Waals surface area contributed by atoms with Gasteiger partial charge >= 0.3 is 0 Å². The van der Waals surface area contributed by atoms with Crippen LogP contribution in [0.2, 0.25) is 0 Å². The number of rotatable bonds is 4. The van der Waals surface area contributed by atoms with Crippen LogP contribution in [0.25, 0.3) is 10.9 Å². The van der Waals surface area contributed by atoms with Crippen LogP contribution in [0.3, 0.4) is 0 Å². The van der Waals surface area contributed by atoms with Crippen LogP contribution in [-0.2, 0) is 13.0 Å². The molecule has 0 unspecified atom stereocenters. The van der Waals surface area contributed by atoms with Crippen molar-refractivity contribution in [1.82, 2.24) is 4.57 Å². The van der Waals surface area contributed by atoms with Gasteiger partial charge in [0.1, 0.15) is 0 Å². The van der Waals surface area contributed by atoms with Gasteiger partial charge in [-0.25, -0.2) is 0 Å². The molecule has 96 valence electrons. The van der Waals surface area contributed by atoms with Gasteiger partial charge in [-0.2, -0.15) is 0 Å². The van der Waals surface area contributed by atoms with E-state index in [4.69, 9.17) is 15.9 Å². The second-order valence-corrected chi connectivity index (χ2v) is 4.15. The Hall–Kier alpha value is -1.85. The second kappa shape index (κ2) is 4.80. The highest BCUT2D eigenvalue weighted by molar-refractivity contribution is 6.07. The summed E-state index contributed by atoms with van der Waals surface area (Å²) in [6.45, 7) is 1.93. The van der Waals surface area contributed by atoms with Gasteiger partial charge in [-0.15, -0.1) is 0 Å². The van der Waals surface area contributed by atoms with Crippen LogP contribution in [0.1, 0.15) is 23.0 Å². The topological polar surface area (TPSA) is 88.5 Å². The zero-order valence-electron chi connectivity index (χ0n) is 10.1. The smallest absolute Gasteiger partial charge is 0.251 e. The maximum atomic E-state index is 11.6. The normalized spacial score (nSPS) is 11.3. The number of primary amides is 1. The summed E-state index contributed by atoms with van der Waals surface area (Å²) >= 11 is 0. The van der Waals surface area contributed by atoms with E-state index in [0.717, 1.165) is 16.6 Å². The predicted octanol–water partition coefficient (Wildman–Crippen LogP) is 0.613. The highest BCUT2D eigenvalue weighted by Crippen LogP contribution is 2.26. The molecule has 4 N–H and O–H groups in total. The van der Waals surface area contributed by atoms with Crippen molar-refractivity contribution < 1.29 is 15.0 Å². The van der Waals surface area contributed by atoms with Gasteiger partial charge in [-0.3, -0.25) is 4.79 Å². The highest BCUT2D eigenvalue weighted by atomic mass is 16.5. The molecule has 0 aliphatic rings. The Labute approximate surface area is 104 Å². The SMILES string of the molecule is CCc1c(C(N)=O)c2ccccc2n1CC(O)O. The minimum absolute atomic E-state index is 0.0248. The van der Waals surface area contributed by atoms with E-state index in [1.54, 1.807) is 4.57 Å². The number of hydrogen-bond donors (Lipinski definition) is 3. The zero-order chi connectivity index (χ0) is 13.3. The number of aromatic nitrogens is 1. The van der Waals surface area contributed by atoms with Crippen LogP contribution in [0, 0.1) is 0 Å². The molecule has 5 heteroatoms. The third kappa shape index (κ3) is 1.98. The van der Waals surface area contributed by atoms with E-state index in [2.05, 4.69) is 0 Å². The molecule has 1 amide bonds. The Morgan fingerprint density at radius 1 is 1.39 bits per heavy atom. The summed E-state index contributed by atoms with van der Waals surface area (Å²) in [6.07, 6.45) is -0.869. The van der Waals surface area contributed by atoms with Gasteiger partial charge in [0, 0.05) is 16.6 Å². The van der Waals surface area contributed by atoms with E-state index in [9.17, 15) is 4.79 Å². The fraction of sp³-hybridized carbons (Fsp3) is 0.308. The van der Waals surface area contributed by atoms with Crippen molar-refractivity contribution in [2.45, 2.75) is 26.2 Å². The van der Waals surface area contributed by atoms with E-state index in [1.165, 1.54) is 0 Å². The predicted molar refractivity (Wildman–Crippen MR) is 68.1 cm³/mol. The Morgan fingerprint density at radius 2 is 2.06 bits per heavy atom. The lowest BCUT2D eigenvalue weighted by Gasteiger charge is -2.11. The number of benzene rings is 1. The number of aliphatic hydroxyl groups excluding tert-OH is 1. The number of carbonyl (C=O) groups excluding carboxylic acids is 1. The highest BCUT2D eigenvalue weighted by Gasteiger charge is 2.20. The average molecular weight is 248 g/mol. The van der Waals surface area contributed by atoms with Gasteiger partial charge < -0.3 is 20.5 Å². The fourth-order valence-corrected chi connectivity index (χ4v) is 2.37. The third-order valence-corrected chi connectivity index (χ3v) is 3.01. The van der Waals surface area contributed by atoms with Crippen molar-refractivity contribution in [3.63, 3.8) is 0 Å². The largest absolute Gasteiger partial charge is 0.367 e. The molecule has 0 fully saturated rings. The Kier molecular flexibility index (Phi) is 3.36. The van der Waals surface area contributed by atoms with Crippen LogP contribution < -0.4 is 5.73 Å². The fourth-order valence-electron chi connectivity index (χ4n) is 2.37. The minimum Gasteiger partial charge on any atom is -0.367 e. The van der Waals surface area contributed by atoms with Crippen molar-refractivity contribution in [1.29, 1.82) is 0 Å². The molecule has 1 heterocycles. The second-order valence-electron chi connectivity index (χ2n) is 4.15. The number of fused-ring (bicyclic) bond motifs is 1. The number of amides is 1. The summed E-state index contributed by atoms with van der Waals surface area (Å²) in [7, 11) is 0. The molecular weight excluding hydrogens is 232 g/mol. The van der Waals surface area contributed by atoms with Gasteiger partial charge in [-0.1, -0.05) is 25.1 Å². The molecule has 0 aliphatic heterocycles. The van der Waals surface area contributed by atoms with E-state index < -0.39 is 12.2 Å². The average Bonchev–Trinajstić information content (AvgIpc) is 2.63. The maximum absolute atomic E-state index is 11.6. The summed E-state index contributed by atoms with van der Waals surface area (Å²) in [6, 6.07) is 7.32. The van der Waals surface area contributed by atoms with Crippen molar-refractivity contribution in [2.75, 3.05) is 0 Å². The summed E-state index contributed by atoms with van der Waals surface area (Å²) in [5, 5.41) is 19.1. The number of para-hydroxylation sites is 1. The molecular formula is C13H16N2O3. The summed E-state index contributed by atoms with van der Waals surface area (Å²) in [5.74, 6) is -0.491. The molecule has 0 spiro atoms. The third-order valence-electron chi connectivity index (χ3n) is 3.01. The van der Waals surface area contributed by atoms with Crippen LogP contribution in [0.5, 0.6) is 0 Å². The molecule has 0 saturated carbocycles. The Bertz CT molecular complexity index is 587. The van der Waals surface area contributed by atoms with Crippen molar-refractivity contribution >= 4 is 16.8 Å². The first-order valence-electron chi connectivity index (χ1n) is 5.82. The molecule has 0 radical (unpaired) electrons. The quantitative estimate of drug-likeness (QED) is 0.693. The summed E-state index contributed by atoms with van der Waals surface area (Å²) in [5.41, 5.74) is 7.41. The van der Waals surface area contributed by atoms with Crippen molar-refractivity contribution in [2.24, 2.45) is 5.73 Å². The molecule has 0 aliphatic carbocycles. The van der Waals surface area contributed by atoms with Crippen LogP contribution >= 0.6 is 0 Å². The van der Waals surface area contributed by atoms with E-state index >= 15 is 0 Å². The van der Waals surface area contributed by atoms with E-state index in [1.807, 2.05) is 31.2 Å². The van der Waals surface area contributed by atoms with Gasteiger partial charge in [0.25, 0.3) is 5.91 Å². The Morgan fingerprint density at radius 3 is 2.61 bits per heavy atom. The number of nitrogens with two attached hydrogens (primary N) is 1. The Balaban J connectivity index is 2.78. The molecule has 2 rings (SSSR count). The summed E-state index contributed by atoms with van der Waals surface area (Å²) < 4.78 is 1.74. The molecule has 0 bridgehead atoms. The zero-order valence-corrected chi connectivity index (χ0v) is 10.1. The van der Waals surface area contributed by atoms with Crippen molar-refractivity contribution in [3.8, 4) is 0 Å². The molecule has 18 heavy (non-hydrogen) atoms. The van der Waals surface area contributed by atoms with Gasteiger partial charge in [0.05, 0.1) is 12.1 Å². The molecule has 0 saturated heterocycles. The maximum Gasteiger partial charge on any atom is 0.251 e. The lowest BCUT2D eigenvalue weighted by atomic mass is 10.1. The van der Waals surface area contributed by atoms with E-state index in [-0.39, 0.29) is 6.54 Å². The number of nitrogens with zero attached hydrogens (tertiary/aromatic N) is 1.